The summed E-state index contributed by atoms with van der Waals surface area (Å²) in [6, 6.07) is 18.0. The summed E-state index contributed by atoms with van der Waals surface area (Å²) in [7, 11) is 0. The van der Waals surface area contributed by atoms with E-state index in [0.29, 0.717) is 6.54 Å². The lowest BCUT2D eigenvalue weighted by Crippen LogP contribution is -2.12. The predicted octanol–water partition coefficient (Wildman–Crippen LogP) is 4.13. The molecule has 5 heteroatoms. The molecule has 4 aromatic rings. The molecule has 1 aromatic carbocycles. The monoisotopic (exact) mass is 344 g/mol. The Bertz CT molecular complexity index is 974. The lowest BCUT2D eigenvalue weighted by Gasteiger charge is -2.04. The summed E-state index contributed by atoms with van der Waals surface area (Å²) >= 11 is 0. The number of aromatic nitrogens is 3. The Morgan fingerprint density at radius 1 is 1.00 bits per heavy atom. The number of aryl methyl sites for hydroxylation is 1. The van der Waals surface area contributed by atoms with Crippen molar-refractivity contribution in [2.45, 2.75) is 20.0 Å². The van der Waals surface area contributed by atoms with Crippen molar-refractivity contribution in [1.29, 1.82) is 0 Å². The van der Waals surface area contributed by atoms with Crippen LogP contribution in [0.25, 0.3) is 17.1 Å². The Hall–Kier alpha value is -3.18. The Morgan fingerprint density at radius 2 is 1.88 bits per heavy atom. The minimum atomic E-state index is 0.691. The molecule has 0 saturated heterocycles. The number of hydrogen-bond acceptors (Lipinski definition) is 4. The molecule has 3 aromatic heterocycles. The number of pyridine rings is 1. The first-order valence-electron chi connectivity index (χ1n) is 8.60. The molecule has 0 amide bonds. The van der Waals surface area contributed by atoms with E-state index in [1.807, 2.05) is 66.3 Å². The second-order valence-corrected chi connectivity index (χ2v) is 6.16. The van der Waals surface area contributed by atoms with Crippen LogP contribution in [0, 0.1) is 6.92 Å². The minimum Gasteiger partial charge on any atom is -0.460 e. The molecule has 0 aliphatic heterocycles. The summed E-state index contributed by atoms with van der Waals surface area (Å²) in [6.45, 7) is 3.38. The number of hydrogen-bond donors (Lipinski definition) is 1. The van der Waals surface area contributed by atoms with Crippen molar-refractivity contribution in [3.05, 3.63) is 90.1 Å². The van der Waals surface area contributed by atoms with Crippen molar-refractivity contribution < 1.29 is 4.42 Å². The zero-order valence-electron chi connectivity index (χ0n) is 14.6. The maximum absolute atomic E-state index is 5.81. The Balaban J connectivity index is 1.60. The quantitative estimate of drug-likeness (QED) is 0.571. The fourth-order valence-corrected chi connectivity index (χ4v) is 2.87. The summed E-state index contributed by atoms with van der Waals surface area (Å²) in [6.07, 6.45) is 5.71. The summed E-state index contributed by atoms with van der Waals surface area (Å²) in [5.74, 6) is 1.67. The van der Waals surface area contributed by atoms with Gasteiger partial charge in [-0.3, -0.25) is 4.98 Å². The molecule has 0 aliphatic rings. The van der Waals surface area contributed by atoms with Gasteiger partial charge in [-0.25, -0.2) is 4.68 Å². The first kappa shape index (κ1) is 16.3. The first-order valence-corrected chi connectivity index (χ1v) is 8.60. The number of benzene rings is 1. The van der Waals surface area contributed by atoms with Crippen LogP contribution in [0.3, 0.4) is 0 Å². The molecule has 0 aliphatic carbocycles. The standard InChI is InChI=1S/C21H20N4O/c1-16-9-10-20(26-16)21-18(14-23-13-17-6-5-11-22-12-17)15-25(24-21)19-7-3-2-4-8-19/h2-12,15,23H,13-14H2,1H3. The molecule has 0 radical (unpaired) electrons. The normalized spacial score (nSPS) is 11.0. The van der Waals surface area contributed by atoms with E-state index in [2.05, 4.69) is 22.6 Å². The van der Waals surface area contributed by atoms with Crippen molar-refractivity contribution in [1.82, 2.24) is 20.1 Å². The van der Waals surface area contributed by atoms with Crippen molar-refractivity contribution in [2.75, 3.05) is 0 Å². The van der Waals surface area contributed by atoms with Gasteiger partial charge in [0.25, 0.3) is 0 Å². The lowest BCUT2D eigenvalue weighted by atomic mass is 10.2. The second kappa shape index (κ2) is 7.37. The van der Waals surface area contributed by atoms with E-state index in [9.17, 15) is 0 Å². The SMILES string of the molecule is Cc1ccc(-c2nn(-c3ccccc3)cc2CNCc2cccnc2)o1. The average Bonchev–Trinajstić information content (AvgIpc) is 3.30. The molecule has 26 heavy (non-hydrogen) atoms. The molecule has 4 rings (SSSR count). The minimum absolute atomic E-state index is 0.691. The molecule has 0 atom stereocenters. The van der Waals surface area contributed by atoms with Crippen LogP contribution in [0.15, 0.2) is 77.6 Å². The van der Waals surface area contributed by atoms with Gasteiger partial charge in [-0.1, -0.05) is 24.3 Å². The van der Waals surface area contributed by atoms with Crippen molar-refractivity contribution in [3.63, 3.8) is 0 Å². The molecule has 0 spiro atoms. The summed E-state index contributed by atoms with van der Waals surface area (Å²) in [4.78, 5) is 4.15. The molecule has 0 saturated carbocycles. The van der Waals surface area contributed by atoms with Crippen LogP contribution in [0.5, 0.6) is 0 Å². The molecule has 0 fully saturated rings. The number of nitrogens with one attached hydrogen (secondary N) is 1. The van der Waals surface area contributed by atoms with E-state index in [4.69, 9.17) is 9.52 Å². The molecule has 0 bridgehead atoms. The molecule has 0 unspecified atom stereocenters. The first-order chi connectivity index (χ1) is 12.8. The highest BCUT2D eigenvalue weighted by Crippen LogP contribution is 2.25. The van der Waals surface area contributed by atoms with E-state index in [1.165, 1.54) is 0 Å². The lowest BCUT2D eigenvalue weighted by molar-refractivity contribution is 0.544. The van der Waals surface area contributed by atoms with Gasteiger partial charge in [0, 0.05) is 37.2 Å². The van der Waals surface area contributed by atoms with E-state index in [-0.39, 0.29) is 0 Å². The number of furan rings is 1. The predicted molar refractivity (Wildman–Crippen MR) is 101 cm³/mol. The van der Waals surface area contributed by atoms with Crippen LogP contribution in [0.2, 0.25) is 0 Å². The molecule has 1 N–H and O–H groups in total. The van der Waals surface area contributed by atoms with Gasteiger partial charge >= 0.3 is 0 Å². The number of rotatable bonds is 6. The fraction of sp³-hybridized carbons (Fsp3) is 0.143. The van der Waals surface area contributed by atoms with Gasteiger partial charge < -0.3 is 9.73 Å². The van der Waals surface area contributed by atoms with Crippen LogP contribution < -0.4 is 5.32 Å². The molecule has 3 heterocycles. The van der Waals surface area contributed by atoms with E-state index >= 15 is 0 Å². The van der Waals surface area contributed by atoms with Crippen LogP contribution >= 0.6 is 0 Å². The van der Waals surface area contributed by atoms with Crippen molar-refractivity contribution in [3.8, 4) is 17.1 Å². The van der Waals surface area contributed by atoms with Crippen LogP contribution in [0.4, 0.5) is 0 Å². The van der Waals surface area contributed by atoms with Gasteiger partial charge in [0.05, 0.1) is 5.69 Å². The number of para-hydroxylation sites is 1. The number of nitrogens with zero attached hydrogens (tertiary/aromatic N) is 3. The highest BCUT2D eigenvalue weighted by molar-refractivity contribution is 5.57. The third kappa shape index (κ3) is 3.58. The summed E-state index contributed by atoms with van der Waals surface area (Å²) in [5.41, 5.74) is 4.13. The molecule has 5 nitrogen and oxygen atoms in total. The third-order valence-corrected chi connectivity index (χ3v) is 4.15. The van der Waals surface area contributed by atoms with Gasteiger partial charge in [0.2, 0.25) is 0 Å². The zero-order valence-corrected chi connectivity index (χ0v) is 14.6. The molecular formula is C21H20N4O. The highest BCUT2D eigenvalue weighted by Gasteiger charge is 2.15. The fourth-order valence-electron chi connectivity index (χ4n) is 2.87. The zero-order chi connectivity index (χ0) is 17.8. The average molecular weight is 344 g/mol. The largest absolute Gasteiger partial charge is 0.460 e. The summed E-state index contributed by atoms with van der Waals surface area (Å²) < 4.78 is 7.71. The maximum atomic E-state index is 5.81. The van der Waals surface area contributed by atoms with Gasteiger partial charge in [-0.05, 0) is 42.8 Å². The smallest absolute Gasteiger partial charge is 0.154 e. The van der Waals surface area contributed by atoms with Gasteiger partial charge in [0.15, 0.2) is 5.76 Å². The summed E-state index contributed by atoms with van der Waals surface area (Å²) in [5, 5.41) is 8.22. The van der Waals surface area contributed by atoms with Crippen LogP contribution in [-0.2, 0) is 13.1 Å². The highest BCUT2D eigenvalue weighted by atomic mass is 16.3. The van der Waals surface area contributed by atoms with Gasteiger partial charge in [-0.15, -0.1) is 0 Å². The Kier molecular flexibility index (Phi) is 4.62. The topological polar surface area (TPSA) is 55.9 Å². The molecular weight excluding hydrogens is 324 g/mol. The van der Waals surface area contributed by atoms with Crippen molar-refractivity contribution in [2.24, 2.45) is 0 Å². The van der Waals surface area contributed by atoms with Crippen molar-refractivity contribution >= 4 is 0 Å². The van der Waals surface area contributed by atoms with E-state index in [0.717, 1.165) is 40.6 Å². The van der Waals surface area contributed by atoms with E-state index in [1.54, 1.807) is 6.20 Å². The van der Waals surface area contributed by atoms with Crippen LogP contribution in [0.1, 0.15) is 16.9 Å². The third-order valence-electron chi connectivity index (χ3n) is 4.15. The Morgan fingerprint density at radius 3 is 2.62 bits per heavy atom. The Labute approximate surface area is 152 Å². The van der Waals surface area contributed by atoms with E-state index < -0.39 is 0 Å². The molecule has 130 valence electrons. The van der Waals surface area contributed by atoms with Crippen LogP contribution in [-0.4, -0.2) is 14.8 Å². The van der Waals surface area contributed by atoms with Gasteiger partial charge in [0.1, 0.15) is 11.5 Å². The van der Waals surface area contributed by atoms with Gasteiger partial charge in [-0.2, -0.15) is 5.10 Å². The second-order valence-electron chi connectivity index (χ2n) is 6.16. The maximum Gasteiger partial charge on any atom is 0.154 e.